The van der Waals surface area contributed by atoms with Crippen molar-refractivity contribution in [1.29, 1.82) is 0 Å². The van der Waals surface area contributed by atoms with Gasteiger partial charge in [0.1, 0.15) is 16.5 Å². The summed E-state index contributed by atoms with van der Waals surface area (Å²) >= 11 is 0. The van der Waals surface area contributed by atoms with Crippen LogP contribution in [0.15, 0.2) is 23.1 Å². The van der Waals surface area contributed by atoms with Gasteiger partial charge in [0, 0.05) is 19.1 Å². The Labute approximate surface area is 111 Å². The van der Waals surface area contributed by atoms with Crippen molar-refractivity contribution in [3.05, 3.63) is 29.8 Å². The van der Waals surface area contributed by atoms with Crippen molar-refractivity contribution in [3.63, 3.8) is 0 Å². The Bertz CT molecular complexity index is 563. The Morgan fingerprint density at radius 1 is 1.32 bits per heavy atom. The summed E-state index contributed by atoms with van der Waals surface area (Å²) in [5, 5.41) is 0. The van der Waals surface area contributed by atoms with Gasteiger partial charge in [-0.15, -0.1) is 0 Å². The van der Waals surface area contributed by atoms with Crippen molar-refractivity contribution in [3.8, 4) is 0 Å². The van der Waals surface area contributed by atoms with E-state index in [1.807, 2.05) is 0 Å². The molecule has 0 spiro atoms. The molecule has 1 aliphatic rings. The van der Waals surface area contributed by atoms with E-state index in [9.17, 15) is 17.2 Å². The molecular formula is C12H16F2N2O2S. The summed E-state index contributed by atoms with van der Waals surface area (Å²) in [5.41, 5.74) is 5.56. The number of hydrogen-bond acceptors (Lipinski definition) is 3. The molecule has 1 unspecified atom stereocenters. The zero-order chi connectivity index (χ0) is 14.0. The molecule has 19 heavy (non-hydrogen) atoms. The Morgan fingerprint density at radius 2 is 2.05 bits per heavy atom. The number of piperidine rings is 1. The van der Waals surface area contributed by atoms with Gasteiger partial charge in [-0.3, -0.25) is 0 Å². The number of benzene rings is 1. The number of halogens is 2. The van der Waals surface area contributed by atoms with Crippen molar-refractivity contribution < 1.29 is 17.2 Å². The predicted octanol–water partition coefficient (Wildman–Crippen LogP) is 1.47. The van der Waals surface area contributed by atoms with Crippen LogP contribution in [-0.4, -0.2) is 31.9 Å². The Kier molecular flexibility index (Phi) is 4.17. The van der Waals surface area contributed by atoms with Crippen molar-refractivity contribution >= 4 is 10.0 Å². The summed E-state index contributed by atoms with van der Waals surface area (Å²) in [5.74, 6) is -1.72. The topological polar surface area (TPSA) is 63.4 Å². The van der Waals surface area contributed by atoms with Crippen LogP contribution in [0.25, 0.3) is 0 Å². The van der Waals surface area contributed by atoms with E-state index in [0.29, 0.717) is 25.5 Å². The maximum Gasteiger partial charge on any atom is 0.246 e. The first kappa shape index (κ1) is 14.4. The van der Waals surface area contributed by atoms with Crippen LogP contribution in [0, 0.1) is 11.6 Å². The second-order valence-corrected chi connectivity index (χ2v) is 6.43. The van der Waals surface area contributed by atoms with Crippen LogP contribution in [0.1, 0.15) is 19.3 Å². The van der Waals surface area contributed by atoms with E-state index >= 15 is 0 Å². The summed E-state index contributed by atoms with van der Waals surface area (Å²) in [6, 6.07) is 2.09. The molecule has 1 atom stereocenters. The highest BCUT2D eigenvalue weighted by molar-refractivity contribution is 7.89. The average Bonchev–Trinajstić information content (AvgIpc) is 2.41. The second-order valence-electron chi connectivity index (χ2n) is 4.58. The maximum atomic E-state index is 13.6. The van der Waals surface area contributed by atoms with Crippen molar-refractivity contribution in [2.45, 2.75) is 30.2 Å². The van der Waals surface area contributed by atoms with E-state index in [1.165, 1.54) is 4.31 Å². The number of rotatable bonds is 3. The lowest BCUT2D eigenvalue weighted by Gasteiger charge is -2.33. The zero-order valence-corrected chi connectivity index (χ0v) is 11.2. The van der Waals surface area contributed by atoms with E-state index in [4.69, 9.17) is 5.73 Å². The normalized spacial score (nSPS) is 21.5. The fourth-order valence-corrected chi connectivity index (χ4v) is 4.11. The van der Waals surface area contributed by atoms with Crippen LogP contribution in [0.3, 0.4) is 0 Å². The zero-order valence-electron chi connectivity index (χ0n) is 10.4. The van der Waals surface area contributed by atoms with Crippen molar-refractivity contribution in [2.75, 3.05) is 13.1 Å². The lowest BCUT2D eigenvalue weighted by Crippen LogP contribution is -2.47. The van der Waals surface area contributed by atoms with Crippen LogP contribution >= 0.6 is 0 Å². The number of nitrogens with zero attached hydrogens (tertiary/aromatic N) is 1. The monoisotopic (exact) mass is 290 g/mol. The molecule has 106 valence electrons. The molecule has 2 rings (SSSR count). The smallest absolute Gasteiger partial charge is 0.246 e. The van der Waals surface area contributed by atoms with Gasteiger partial charge in [-0.05, 0) is 31.0 Å². The van der Waals surface area contributed by atoms with Gasteiger partial charge in [0.15, 0.2) is 0 Å². The molecule has 0 amide bonds. The average molecular weight is 290 g/mol. The minimum Gasteiger partial charge on any atom is -0.329 e. The molecule has 1 saturated heterocycles. The highest BCUT2D eigenvalue weighted by Crippen LogP contribution is 2.26. The molecular weight excluding hydrogens is 274 g/mol. The van der Waals surface area contributed by atoms with Crippen LogP contribution in [0.5, 0.6) is 0 Å². The minimum absolute atomic E-state index is 0.177. The molecule has 0 bridgehead atoms. The maximum absolute atomic E-state index is 13.6. The quantitative estimate of drug-likeness (QED) is 0.917. The number of nitrogens with two attached hydrogens (primary N) is 1. The molecule has 0 saturated carbocycles. The highest BCUT2D eigenvalue weighted by Gasteiger charge is 2.34. The first-order valence-electron chi connectivity index (χ1n) is 6.14. The van der Waals surface area contributed by atoms with Crippen LogP contribution in [0.4, 0.5) is 8.78 Å². The van der Waals surface area contributed by atoms with Gasteiger partial charge in [-0.1, -0.05) is 6.42 Å². The standard InChI is InChI=1S/C12H16F2N2O2S/c13-9-4-5-11(14)12(7-9)19(17,18)16-6-2-1-3-10(16)8-15/h4-5,7,10H,1-3,6,8,15H2. The van der Waals surface area contributed by atoms with Gasteiger partial charge in [-0.2, -0.15) is 4.31 Å². The van der Waals surface area contributed by atoms with E-state index in [2.05, 4.69) is 0 Å². The molecule has 0 aliphatic carbocycles. The van der Waals surface area contributed by atoms with Crippen LogP contribution in [-0.2, 0) is 10.0 Å². The molecule has 0 aromatic heterocycles. The lowest BCUT2D eigenvalue weighted by atomic mass is 10.1. The fourth-order valence-electron chi connectivity index (χ4n) is 2.33. The van der Waals surface area contributed by atoms with Gasteiger partial charge in [0.2, 0.25) is 10.0 Å². The van der Waals surface area contributed by atoms with Gasteiger partial charge in [0.25, 0.3) is 0 Å². The van der Waals surface area contributed by atoms with Gasteiger partial charge in [0.05, 0.1) is 0 Å². The highest BCUT2D eigenvalue weighted by atomic mass is 32.2. The Hall–Kier alpha value is -1.05. The van der Waals surface area contributed by atoms with Crippen LogP contribution in [0.2, 0.25) is 0 Å². The molecule has 0 radical (unpaired) electrons. The SMILES string of the molecule is NCC1CCCCN1S(=O)(=O)c1cc(F)ccc1F. The molecule has 1 aromatic rings. The first-order chi connectivity index (χ1) is 8.96. The van der Waals surface area contributed by atoms with E-state index < -0.39 is 26.6 Å². The van der Waals surface area contributed by atoms with Gasteiger partial charge >= 0.3 is 0 Å². The van der Waals surface area contributed by atoms with E-state index in [0.717, 1.165) is 18.6 Å². The molecule has 1 aromatic carbocycles. The molecule has 7 heteroatoms. The third-order valence-electron chi connectivity index (χ3n) is 3.33. The first-order valence-corrected chi connectivity index (χ1v) is 7.58. The number of hydrogen-bond donors (Lipinski definition) is 1. The van der Waals surface area contributed by atoms with E-state index in [1.54, 1.807) is 0 Å². The number of sulfonamides is 1. The largest absolute Gasteiger partial charge is 0.329 e. The molecule has 1 aliphatic heterocycles. The summed E-state index contributed by atoms with van der Waals surface area (Å²) in [6.07, 6.45) is 2.23. The minimum atomic E-state index is -4.04. The summed E-state index contributed by atoms with van der Waals surface area (Å²) in [4.78, 5) is -0.618. The van der Waals surface area contributed by atoms with Crippen molar-refractivity contribution in [1.82, 2.24) is 4.31 Å². The molecule has 2 N–H and O–H groups in total. The molecule has 1 heterocycles. The predicted molar refractivity (Wildman–Crippen MR) is 66.9 cm³/mol. The second kappa shape index (κ2) is 5.52. The third-order valence-corrected chi connectivity index (χ3v) is 5.29. The van der Waals surface area contributed by atoms with Crippen LogP contribution < -0.4 is 5.73 Å². The third kappa shape index (κ3) is 2.77. The summed E-state index contributed by atoms with van der Waals surface area (Å²) in [6.45, 7) is 0.469. The fraction of sp³-hybridized carbons (Fsp3) is 0.500. The molecule has 4 nitrogen and oxygen atoms in total. The van der Waals surface area contributed by atoms with E-state index in [-0.39, 0.29) is 12.6 Å². The summed E-state index contributed by atoms with van der Waals surface area (Å²) in [7, 11) is -4.04. The molecule has 1 fully saturated rings. The summed E-state index contributed by atoms with van der Waals surface area (Å²) < 4.78 is 52.8. The Morgan fingerprint density at radius 3 is 2.74 bits per heavy atom. The van der Waals surface area contributed by atoms with Gasteiger partial charge < -0.3 is 5.73 Å². The van der Waals surface area contributed by atoms with Crippen molar-refractivity contribution in [2.24, 2.45) is 5.73 Å². The Balaban J connectivity index is 2.43. The lowest BCUT2D eigenvalue weighted by molar-refractivity contribution is 0.256. The van der Waals surface area contributed by atoms with Gasteiger partial charge in [-0.25, -0.2) is 17.2 Å².